The van der Waals surface area contributed by atoms with Crippen LogP contribution >= 0.6 is 0 Å². The average Bonchev–Trinajstić information content (AvgIpc) is 2.60. The Morgan fingerprint density at radius 3 is 2.64 bits per heavy atom. The number of rotatable bonds is 6. The molecule has 0 aliphatic carbocycles. The third kappa shape index (κ3) is 5.76. The molecule has 5 nitrogen and oxygen atoms in total. The first kappa shape index (κ1) is 18.2. The van der Waals surface area contributed by atoms with Crippen LogP contribution in [0.2, 0.25) is 0 Å². The molecule has 1 N–H and O–H groups in total. The highest BCUT2D eigenvalue weighted by Crippen LogP contribution is 2.17. The summed E-state index contributed by atoms with van der Waals surface area (Å²) in [5, 5.41) is 2.63. The highest BCUT2D eigenvalue weighted by molar-refractivity contribution is 5.96. The quantitative estimate of drug-likeness (QED) is 0.645. The summed E-state index contributed by atoms with van der Waals surface area (Å²) in [7, 11) is 1.52. The predicted molar refractivity (Wildman–Crippen MR) is 92.6 cm³/mol. The molecule has 0 aliphatic heterocycles. The van der Waals surface area contributed by atoms with Crippen molar-refractivity contribution in [2.45, 2.75) is 13.0 Å². The van der Waals surface area contributed by atoms with Gasteiger partial charge >= 0.3 is 5.97 Å². The van der Waals surface area contributed by atoms with E-state index in [9.17, 15) is 14.0 Å². The van der Waals surface area contributed by atoms with E-state index >= 15 is 0 Å². The lowest BCUT2D eigenvalue weighted by Gasteiger charge is -2.12. The molecule has 130 valence electrons. The Balaban J connectivity index is 1.90. The van der Waals surface area contributed by atoms with E-state index in [1.165, 1.54) is 38.3 Å². The van der Waals surface area contributed by atoms with Gasteiger partial charge in [0.25, 0.3) is 5.91 Å². The minimum absolute atomic E-state index is 0.401. The van der Waals surface area contributed by atoms with E-state index in [1.807, 2.05) is 0 Å². The Labute approximate surface area is 145 Å². The monoisotopic (exact) mass is 343 g/mol. The molecule has 0 radical (unpaired) electrons. The number of ether oxygens (including phenoxy) is 2. The van der Waals surface area contributed by atoms with Crippen molar-refractivity contribution in [2.24, 2.45) is 0 Å². The summed E-state index contributed by atoms with van der Waals surface area (Å²) in [5.41, 5.74) is 1.05. The molecular weight excluding hydrogens is 325 g/mol. The van der Waals surface area contributed by atoms with Crippen LogP contribution in [0.15, 0.2) is 54.6 Å². The number of halogens is 1. The van der Waals surface area contributed by atoms with Crippen LogP contribution in [0.5, 0.6) is 5.75 Å². The zero-order valence-electron chi connectivity index (χ0n) is 13.9. The number of benzene rings is 2. The van der Waals surface area contributed by atoms with E-state index in [2.05, 4.69) is 5.32 Å². The lowest BCUT2D eigenvalue weighted by atomic mass is 10.2. The van der Waals surface area contributed by atoms with Gasteiger partial charge in [-0.15, -0.1) is 0 Å². The summed E-state index contributed by atoms with van der Waals surface area (Å²) in [6.45, 7) is 1.46. The third-order valence-electron chi connectivity index (χ3n) is 3.26. The van der Waals surface area contributed by atoms with Crippen LogP contribution in [0.3, 0.4) is 0 Å². The van der Waals surface area contributed by atoms with Gasteiger partial charge < -0.3 is 14.8 Å². The fourth-order valence-electron chi connectivity index (χ4n) is 1.99. The lowest BCUT2D eigenvalue weighted by molar-refractivity contribution is -0.148. The number of esters is 1. The topological polar surface area (TPSA) is 64.6 Å². The van der Waals surface area contributed by atoms with Gasteiger partial charge in [-0.25, -0.2) is 9.18 Å². The molecule has 1 amide bonds. The second kappa shape index (κ2) is 8.63. The van der Waals surface area contributed by atoms with Crippen molar-refractivity contribution in [1.82, 2.24) is 0 Å². The van der Waals surface area contributed by atoms with Crippen molar-refractivity contribution in [1.29, 1.82) is 0 Å². The molecule has 0 aromatic heterocycles. The Bertz CT molecular complexity index is 788. The Hall–Kier alpha value is -3.15. The first-order valence-corrected chi connectivity index (χ1v) is 7.57. The fraction of sp³-hybridized carbons (Fsp3) is 0.158. The third-order valence-corrected chi connectivity index (χ3v) is 3.26. The number of hydrogen-bond acceptors (Lipinski definition) is 4. The number of methoxy groups -OCH3 is 1. The van der Waals surface area contributed by atoms with Gasteiger partial charge in [-0.3, -0.25) is 4.79 Å². The van der Waals surface area contributed by atoms with Crippen molar-refractivity contribution < 1.29 is 23.5 Å². The highest BCUT2D eigenvalue weighted by atomic mass is 19.1. The van der Waals surface area contributed by atoms with Gasteiger partial charge in [-0.1, -0.05) is 18.2 Å². The number of amides is 1. The van der Waals surface area contributed by atoms with Crippen LogP contribution in [-0.2, 0) is 14.3 Å². The molecule has 1 atom stereocenters. The smallest absolute Gasteiger partial charge is 0.331 e. The van der Waals surface area contributed by atoms with E-state index in [4.69, 9.17) is 9.47 Å². The van der Waals surface area contributed by atoms with Crippen LogP contribution < -0.4 is 10.1 Å². The molecule has 0 unspecified atom stereocenters. The zero-order valence-corrected chi connectivity index (χ0v) is 13.9. The van der Waals surface area contributed by atoms with E-state index in [0.29, 0.717) is 17.0 Å². The molecule has 2 aromatic carbocycles. The lowest BCUT2D eigenvalue weighted by Crippen LogP contribution is -2.29. The van der Waals surface area contributed by atoms with Gasteiger partial charge in [0.15, 0.2) is 6.10 Å². The minimum atomic E-state index is -0.990. The molecule has 0 spiro atoms. The van der Waals surface area contributed by atoms with E-state index < -0.39 is 23.8 Å². The van der Waals surface area contributed by atoms with Gasteiger partial charge in [0.1, 0.15) is 11.6 Å². The molecular formula is C19H18FNO4. The average molecular weight is 343 g/mol. The number of carbonyl (C=O) groups excluding carboxylic acids is 2. The number of carbonyl (C=O) groups is 2. The van der Waals surface area contributed by atoms with Crippen molar-refractivity contribution in [2.75, 3.05) is 12.4 Å². The molecule has 0 saturated heterocycles. The van der Waals surface area contributed by atoms with Gasteiger partial charge in [0.05, 0.1) is 7.11 Å². The molecule has 2 rings (SSSR count). The number of hydrogen-bond donors (Lipinski definition) is 1. The standard InChI is InChI=1S/C19H18FNO4/c1-13(19(23)21-16-7-4-8-17(12-16)24-2)25-18(22)10-9-14-5-3-6-15(20)11-14/h3-13H,1-2H3,(H,21,23)/b10-9+/t13-/m0/s1. The molecule has 0 saturated carbocycles. The Morgan fingerprint density at radius 2 is 1.92 bits per heavy atom. The zero-order chi connectivity index (χ0) is 18.2. The van der Waals surface area contributed by atoms with Crippen LogP contribution in [0.25, 0.3) is 6.08 Å². The highest BCUT2D eigenvalue weighted by Gasteiger charge is 2.16. The predicted octanol–water partition coefficient (Wildman–Crippen LogP) is 3.42. The van der Waals surface area contributed by atoms with Crippen LogP contribution in [0.4, 0.5) is 10.1 Å². The molecule has 0 aliphatic rings. The number of anilines is 1. The minimum Gasteiger partial charge on any atom is -0.497 e. The second-order valence-electron chi connectivity index (χ2n) is 5.19. The van der Waals surface area contributed by atoms with Gasteiger partial charge in [0, 0.05) is 17.8 Å². The normalized spacial score (nSPS) is 11.8. The van der Waals surface area contributed by atoms with Gasteiger partial charge in [-0.05, 0) is 42.8 Å². The summed E-state index contributed by atoms with van der Waals surface area (Å²) in [6.07, 6.45) is 1.57. The first-order chi connectivity index (χ1) is 12.0. The van der Waals surface area contributed by atoms with E-state index in [1.54, 1.807) is 30.3 Å². The summed E-state index contributed by atoms with van der Waals surface area (Å²) >= 11 is 0. The maximum Gasteiger partial charge on any atom is 0.331 e. The number of nitrogens with one attached hydrogen (secondary N) is 1. The molecule has 2 aromatic rings. The summed E-state index contributed by atoms with van der Waals surface area (Å²) in [6, 6.07) is 12.6. The van der Waals surface area contributed by atoms with Crippen molar-refractivity contribution in [3.8, 4) is 5.75 Å². The SMILES string of the molecule is COc1cccc(NC(=O)[C@H](C)OC(=O)/C=C/c2cccc(F)c2)c1. The molecule has 0 heterocycles. The molecule has 0 bridgehead atoms. The van der Waals surface area contributed by atoms with Crippen LogP contribution in [-0.4, -0.2) is 25.1 Å². The van der Waals surface area contributed by atoms with Crippen molar-refractivity contribution in [3.05, 3.63) is 66.0 Å². The molecule has 0 fully saturated rings. The van der Waals surface area contributed by atoms with Crippen molar-refractivity contribution >= 4 is 23.6 Å². The maximum atomic E-state index is 13.1. The molecule has 6 heteroatoms. The largest absolute Gasteiger partial charge is 0.497 e. The molecule has 25 heavy (non-hydrogen) atoms. The maximum absolute atomic E-state index is 13.1. The van der Waals surface area contributed by atoms with Crippen LogP contribution in [0, 0.1) is 5.82 Å². The van der Waals surface area contributed by atoms with Crippen LogP contribution in [0.1, 0.15) is 12.5 Å². The second-order valence-corrected chi connectivity index (χ2v) is 5.19. The van der Waals surface area contributed by atoms with E-state index in [-0.39, 0.29) is 0 Å². The fourth-order valence-corrected chi connectivity index (χ4v) is 1.99. The van der Waals surface area contributed by atoms with E-state index in [0.717, 1.165) is 6.08 Å². The van der Waals surface area contributed by atoms with Gasteiger partial charge in [-0.2, -0.15) is 0 Å². The van der Waals surface area contributed by atoms with Crippen molar-refractivity contribution in [3.63, 3.8) is 0 Å². The summed E-state index contributed by atoms with van der Waals surface area (Å²) in [5.74, 6) is -0.972. The van der Waals surface area contributed by atoms with Gasteiger partial charge in [0.2, 0.25) is 0 Å². The Kier molecular flexibility index (Phi) is 6.28. The summed E-state index contributed by atoms with van der Waals surface area (Å²) < 4.78 is 23.2. The first-order valence-electron chi connectivity index (χ1n) is 7.57. The summed E-state index contributed by atoms with van der Waals surface area (Å²) in [4.78, 5) is 23.8. The Morgan fingerprint density at radius 1 is 1.16 bits per heavy atom.